The molecule has 1 heterocycles. The molecule has 7 heteroatoms. The molecule has 158 valence electrons. The number of carbonyl (C=O) groups is 1. The number of hydrogen-bond acceptors (Lipinski definition) is 3. The smallest absolute Gasteiger partial charge is 0.416 e. The van der Waals surface area contributed by atoms with Crippen LogP contribution in [0.1, 0.15) is 31.6 Å². The van der Waals surface area contributed by atoms with Gasteiger partial charge in [-0.1, -0.05) is 32.0 Å². The highest BCUT2D eigenvalue weighted by Crippen LogP contribution is 2.32. The highest BCUT2D eigenvalue weighted by atomic mass is 19.4. The van der Waals surface area contributed by atoms with Crippen LogP contribution in [-0.2, 0) is 17.5 Å². The minimum absolute atomic E-state index is 0.0427. The van der Waals surface area contributed by atoms with E-state index >= 15 is 0 Å². The van der Waals surface area contributed by atoms with Crippen LogP contribution < -0.4 is 10.6 Å². The standard InChI is InChI=1S/C23H23F3N2O2/c1-15(2)11-22(29)28-19-8-4-7-18(13-19)27-14-20-9-10-21(30-20)16-5-3-6-17(12-16)23(24,25)26/h3-10,12-13,15,27H,11,14H2,1-2H3,(H,28,29). The number of carbonyl (C=O) groups excluding carboxylic acids is 1. The fourth-order valence-corrected chi connectivity index (χ4v) is 2.96. The Morgan fingerprint density at radius 2 is 1.73 bits per heavy atom. The van der Waals surface area contributed by atoms with E-state index < -0.39 is 11.7 Å². The normalized spacial score (nSPS) is 11.5. The maximum atomic E-state index is 12.9. The topological polar surface area (TPSA) is 54.3 Å². The molecule has 0 bridgehead atoms. The summed E-state index contributed by atoms with van der Waals surface area (Å²) < 4.78 is 44.4. The van der Waals surface area contributed by atoms with Gasteiger partial charge in [-0.2, -0.15) is 13.2 Å². The number of nitrogens with one attached hydrogen (secondary N) is 2. The number of halogens is 3. The molecule has 0 atom stereocenters. The SMILES string of the molecule is CC(C)CC(=O)Nc1cccc(NCc2ccc(-c3cccc(C(F)(F)F)c3)o2)c1. The molecule has 1 aromatic heterocycles. The quantitative estimate of drug-likeness (QED) is 0.458. The van der Waals surface area contributed by atoms with Crippen LogP contribution in [0.15, 0.2) is 65.1 Å². The van der Waals surface area contributed by atoms with Crippen LogP contribution in [0.3, 0.4) is 0 Å². The van der Waals surface area contributed by atoms with Crippen LogP contribution in [0.4, 0.5) is 24.5 Å². The highest BCUT2D eigenvalue weighted by molar-refractivity contribution is 5.91. The number of anilines is 2. The van der Waals surface area contributed by atoms with Crippen LogP contribution >= 0.6 is 0 Å². The predicted octanol–water partition coefficient (Wildman–Crippen LogP) is 6.56. The second kappa shape index (κ2) is 9.07. The van der Waals surface area contributed by atoms with Gasteiger partial charge in [-0.05, 0) is 48.4 Å². The summed E-state index contributed by atoms with van der Waals surface area (Å²) in [6, 6.07) is 15.7. The van der Waals surface area contributed by atoms with E-state index in [1.165, 1.54) is 6.07 Å². The van der Waals surface area contributed by atoms with Gasteiger partial charge in [-0.15, -0.1) is 0 Å². The molecule has 1 amide bonds. The first kappa shape index (κ1) is 21.5. The van der Waals surface area contributed by atoms with E-state index in [4.69, 9.17) is 4.42 Å². The van der Waals surface area contributed by atoms with Crippen molar-refractivity contribution < 1.29 is 22.4 Å². The summed E-state index contributed by atoms with van der Waals surface area (Å²) in [4.78, 5) is 11.9. The fraction of sp³-hybridized carbons (Fsp3) is 0.261. The van der Waals surface area contributed by atoms with Crippen molar-refractivity contribution in [3.05, 3.63) is 72.0 Å². The van der Waals surface area contributed by atoms with Crippen LogP contribution in [0.25, 0.3) is 11.3 Å². The average molecular weight is 416 g/mol. The molecule has 4 nitrogen and oxygen atoms in total. The third-order valence-electron chi connectivity index (χ3n) is 4.34. The zero-order valence-electron chi connectivity index (χ0n) is 16.7. The van der Waals surface area contributed by atoms with Crippen molar-refractivity contribution in [2.24, 2.45) is 5.92 Å². The minimum Gasteiger partial charge on any atom is -0.459 e. The van der Waals surface area contributed by atoms with Crippen LogP contribution in [0, 0.1) is 5.92 Å². The molecule has 3 rings (SSSR count). The van der Waals surface area contributed by atoms with Crippen molar-refractivity contribution in [2.45, 2.75) is 33.0 Å². The summed E-state index contributed by atoms with van der Waals surface area (Å²) in [5.41, 5.74) is 1.13. The predicted molar refractivity (Wildman–Crippen MR) is 111 cm³/mol. The molecule has 3 aromatic rings. The number of rotatable bonds is 7. The lowest BCUT2D eigenvalue weighted by Gasteiger charge is -2.10. The van der Waals surface area contributed by atoms with E-state index in [2.05, 4.69) is 10.6 Å². The van der Waals surface area contributed by atoms with Gasteiger partial charge in [0, 0.05) is 23.4 Å². The number of furan rings is 1. The molecule has 0 aliphatic heterocycles. The van der Waals surface area contributed by atoms with Crippen molar-refractivity contribution in [3.63, 3.8) is 0 Å². The summed E-state index contributed by atoms with van der Waals surface area (Å²) in [7, 11) is 0. The van der Waals surface area contributed by atoms with Gasteiger partial charge in [0.05, 0.1) is 12.1 Å². The van der Waals surface area contributed by atoms with Crippen molar-refractivity contribution in [2.75, 3.05) is 10.6 Å². The van der Waals surface area contributed by atoms with Gasteiger partial charge in [-0.3, -0.25) is 4.79 Å². The Bertz CT molecular complexity index is 1010. The molecule has 2 aromatic carbocycles. The van der Waals surface area contributed by atoms with Gasteiger partial charge >= 0.3 is 6.18 Å². The van der Waals surface area contributed by atoms with E-state index in [0.29, 0.717) is 35.7 Å². The first-order valence-electron chi connectivity index (χ1n) is 9.61. The van der Waals surface area contributed by atoms with Crippen LogP contribution in [0.2, 0.25) is 0 Å². The lowest BCUT2D eigenvalue weighted by atomic mass is 10.1. The molecule has 0 radical (unpaired) electrons. The lowest BCUT2D eigenvalue weighted by molar-refractivity contribution is -0.137. The summed E-state index contributed by atoms with van der Waals surface area (Å²) in [5.74, 6) is 1.18. The molecule has 0 aliphatic carbocycles. The average Bonchev–Trinajstić information content (AvgIpc) is 3.14. The molecule has 2 N–H and O–H groups in total. The molecular formula is C23H23F3N2O2. The number of alkyl halides is 3. The summed E-state index contributed by atoms with van der Waals surface area (Å²) in [6.07, 6.45) is -3.95. The van der Waals surface area contributed by atoms with E-state index in [1.54, 1.807) is 18.2 Å². The number of hydrogen-bond donors (Lipinski definition) is 2. The molecule has 0 aliphatic rings. The van der Waals surface area contributed by atoms with Gasteiger partial charge < -0.3 is 15.1 Å². The van der Waals surface area contributed by atoms with Crippen LogP contribution in [-0.4, -0.2) is 5.91 Å². The Morgan fingerprint density at radius 3 is 2.47 bits per heavy atom. The summed E-state index contributed by atoms with van der Waals surface area (Å²) >= 11 is 0. The van der Waals surface area contributed by atoms with Crippen LogP contribution in [0.5, 0.6) is 0 Å². The largest absolute Gasteiger partial charge is 0.459 e. The minimum atomic E-state index is -4.40. The Balaban J connectivity index is 1.64. The van der Waals surface area contributed by atoms with Gasteiger partial charge in [-0.25, -0.2) is 0 Å². The third kappa shape index (κ3) is 5.89. The number of benzene rings is 2. The van der Waals surface area contributed by atoms with Gasteiger partial charge in [0.1, 0.15) is 11.5 Å². The molecule has 0 saturated carbocycles. The Kier molecular flexibility index (Phi) is 6.50. The van der Waals surface area contributed by atoms with Crippen molar-refractivity contribution >= 4 is 17.3 Å². The second-order valence-corrected chi connectivity index (χ2v) is 7.43. The lowest BCUT2D eigenvalue weighted by Crippen LogP contribution is -2.13. The number of amides is 1. The maximum Gasteiger partial charge on any atom is 0.416 e. The molecular weight excluding hydrogens is 393 g/mol. The van der Waals surface area contributed by atoms with Crippen molar-refractivity contribution in [3.8, 4) is 11.3 Å². The Morgan fingerprint density at radius 1 is 1.00 bits per heavy atom. The monoisotopic (exact) mass is 416 g/mol. The van der Waals surface area contributed by atoms with E-state index in [-0.39, 0.29) is 11.8 Å². The third-order valence-corrected chi connectivity index (χ3v) is 4.34. The van der Waals surface area contributed by atoms with Gasteiger partial charge in [0.2, 0.25) is 5.91 Å². The molecule has 30 heavy (non-hydrogen) atoms. The Labute approximate surface area is 173 Å². The highest BCUT2D eigenvalue weighted by Gasteiger charge is 2.30. The zero-order chi connectivity index (χ0) is 21.7. The Hall–Kier alpha value is -3.22. The van der Waals surface area contributed by atoms with E-state index in [0.717, 1.165) is 17.8 Å². The summed E-state index contributed by atoms with van der Waals surface area (Å²) in [6.45, 7) is 4.31. The first-order chi connectivity index (χ1) is 14.2. The summed E-state index contributed by atoms with van der Waals surface area (Å²) in [5, 5.41) is 6.05. The van der Waals surface area contributed by atoms with Crippen molar-refractivity contribution in [1.29, 1.82) is 0 Å². The molecule has 0 unspecified atom stereocenters. The zero-order valence-corrected chi connectivity index (χ0v) is 16.7. The molecule has 0 fully saturated rings. The van der Waals surface area contributed by atoms with E-state index in [9.17, 15) is 18.0 Å². The van der Waals surface area contributed by atoms with Gasteiger partial charge in [0.15, 0.2) is 0 Å². The maximum absolute atomic E-state index is 12.9. The van der Waals surface area contributed by atoms with Crippen molar-refractivity contribution in [1.82, 2.24) is 0 Å². The van der Waals surface area contributed by atoms with E-state index in [1.807, 2.05) is 38.1 Å². The molecule has 0 saturated heterocycles. The fourth-order valence-electron chi connectivity index (χ4n) is 2.96. The molecule has 0 spiro atoms. The second-order valence-electron chi connectivity index (χ2n) is 7.43. The van der Waals surface area contributed by atoms with Gasteiger partial charge in [0.25, 0.3) is 0 Å². The first-order valence-corrected chi connectivity index (χ1v) is 9.61.